The highest BCUT2D eigenvalue weighted by atomic mass is 16.5. The van der Waals surface area contributed by atoms with E-state index in [0.717, 1.165) is 11.1 Å². The maximum Gasteiger partial charge on any atom is 0.265 e. The first kappa shape index (κ1) is 20.1. The molecule has 0 aliphatic heterocycles. The molecule has 2 N–H and O–H groups in total. The van der Waals surface area contributed by atoms with Gasteiger partial charge in [0.1, 0.15) is 5.75 Å². The fourth-order valence-corrected chi connectivity index (χ4v) is 2.82. The van der Waals surface area contributed by atoms with Crippen molar-refractivity contribution in [2.45, 2.75) is 26.9 Å². The summed E-state index contributed by atoms with van der Waals surface area (Å²) < 4.78 is 5.70. The van der Waals surface area contributed by atoms with Gasteiger partial charge >= 0.3 is 0 Å². The molecule has 1 unspecified atom stereocenters. The van der Waals surface area contributed by atoms with Crippen LogP contribution in [0.4, 0.5) is 11.4 Å². The van der Waals surface area contributed by atoms with Crippen LogP contribution in [0, 0.1) is 13.8 Å². The zero-order chi connectivity index (χ0) is 20.8. The number of benzene rings is 3. The molecule has 0 saturated carbocycles. The number of rotatable bonds is 6. The van der Waals surface area contributed by atoms with Gasteiger partial charge in [0.25, 0.3) is 11.8 Å². The predicted molar refractivity (Wildman–Crippen MR) is 115 cm³/mol. The normalized spacial score (nSPS) is 11.4. The van der Waals surface area contributed by atoms with Crippen molar-refractivity contribution in [3.63, 3.8) is 0 Å². The third kappa shape index (κ3) is 5.69. The molecule has 3 rings (SSSR count). The second-order valence-electron chi connectivity index (χ2n) is 6.97. The summed E-state index contributed by atoms with van der Waals surface area (Å²) in [6, 6.07) is 21.9. The van der Waals surface area contributed by atoms with E-state index in [1.165, 1.54) is 0 Å². The number of amides is 2. The first-order valence-corrected chi connectivity index (χ1v) is 9.43. The topological polar surface area (TPSA) is 67.4 Å². The average molecular weight is 388 g/mol. The summed E-state index contributed by atoms with van der Waals surface area (Å²) in [6.07, 6.45) is -0.641. The van der Waals surface area contributed by atoms with Crippen LogP contribution < -0.4 is 15.4 Å². The molecule has 0 spiro atoms. The zero-order valence-corrected chi connectivity index (χ0v) is 16.7. The summed E-state index contributed by atoms with van der Waals surface area (Å²) in [7, 11) is 0. The Kier molecular flexibility index (Phi) is 6.29. The Morgan fingerprint density at radius 1 is 0.793 bits per heavy atom. The van der Waals surface area contributed by atoms with E-state index in [1.54, 1.807) is 37.3 Å². The quantitative estimate of drug-likeness (QED) is 0.627. The van der Waals surface area contributed by atoms with Gasteiger partial charge in [-0.05, 0) is 74.9 Å². The number of hydrogen-bond acceptors (Lipinski definition) is 3. The number of hydrogen-bond donors (Lipinski definition) is 2. The van der Waals surface area contributed by atoms with Gasteiger partial charge in [-0.3, -0.25) is 9.59 Å². The fraction of sp³-hybridized carbons (Fsp3) is 0.167. The molecule has 0 saturated heterocycles. The van der Waals surface area contributed by atoms with Crippen LogP contribution in [0.2, 0.25) is 0 Å². The number of aryl methyl sites for hydroxylation is 2. The number of nitrogens with one attached hydrogen (secondary N) is 2. The Bertz CT molecular complexity index is 1010. The van der Waals surface area contributed by atoms with E-state index in [2.05, 4.69) is 10.6 Å². The molecule has 0 aromatic heterocycles. The lowest BCUT2D eigenvalue weighted by Crippen LogP contribution is -2.30. The lowest BCUT2D eigenvalue weighted by Gasteiger charge is -2.15. The van der Waals surface area contributed by atoms with Gasteiger partial charge in [-0.1, -0.05) is 29.8 Å². The second kappa shape index (κ2) is 9.06. The monoisotopic (exact) mass is 388 g/mol. The van der Waals surface area contributed by atoms with E-state index >= 15 is 0 Å². The van der Waals surface area contributed by atoms with Crippen LogP contribution in [0.15, 0.2) is 72.8 Å². The molecule has 3 aromatic rings. The van der Waals surface area contributed by atoms with Gasteiger partial charge in [0.05, 0.1) is 0 Å². The Morgan fingerprint density at radius 3 is 2.00 bits per heavy atom. The van der Waals surface area contributed by atoms with Crippen LogP contribution in [-0.2, 0) is 4.79 Å². The van der Waals surface area contributed by atoms with Gasteiger partial charge in [0, 0.05) is 16.9 Å². The average Bonchev–Trinajstić information content (AvgIpc) is 2.69. The first-order valence-electron chi connectivity index (χ1n) is 9.43. The molecule has 0 bridgehead atoms. The maximum atomic E-state index is 12.4. The smallest absolute Gasteiger partial charge is 0.265 e. The van der Waals surface area contributed by atoms with E-state index in [9.17, 15) is 9.59 Å². The molecule has 0 fully saturated rings. The van der Waals surface area contributed by atoms with E-state index in [4.69, 9.17) is 4.74 Å². The van der Waals surface area contributed by atoms with E-state index in [0.29, 0.717) is 22.7 Å². The Morgan fingerprint density at radius 2 is 1.38 bits per heavy atom. The van der Waals surface area contributed by atoms with Gasteiger partial charge in [0.15, 0.2) is 6.10 Å². The Labute approximate surface area is 170 Å². The summed E-state index contributed by atoms with van der Waals surface area (Å²) in [6.45, 7) is 5.61. The third-order valence-corrected chi connectivity index (χ3v) is 4.36. The summed E-state index contributed by atoms with van der Waals surface area (Å²) >= 11 is 0. The lowest BCUT2D eigenvalue weighted by molar-refractivity contribution is -0.122. The number of ether oxygens (including phenoxy) is 1. The SMILES string of the molecule is Cc1cccc(OC(C)C(=O)Nc2ccc(NC(=O)c3cccc(C)c3)cc2)c1. The van der Waals surface area contributed by atoms with Crippen molar-refractivity contribution in [2.24, 2.45) is 0 Å². The molecule has 5 heteroatoms. The number of anilines is 2. The third-order valence-electron chi connectivity index (χ3n) is 4.36. The van der Waals surface area contributed by atoms with Crippen molar-refractivity contribution >= 4 is 23.2 Å². The molecule has 3 aromatic carbocycles. The van der Waals surface area contributed by atoms with Crippen molar-refractivity contribution in [1.82, 2.24) is 0 Å². The largest absolute Gasteiger partial charge is 0.481 e. The zero-order valence-electron chi connectivity index (χ0n) is 16.7. The van der Waals surface area contributed by atoms with Crippen LogP contribution in [0.5, 0.6) is 5.75 Å². The van der Waals surface area contributed by atoms with Crippen LogP contribution in [0.25, 0.3) is 0 Å². The van der Waals surface area contributed by atoms with Crippen LogP contribution >= 0.6 is 0 Å². The van der Waals surface area contributed by atoms with Gasteiger partial charge in [-0.2, -0.15) is 0 Å². The highest BCUT2D eigenvalue weighted by Gasteiger charge is 2.15. The second-order valence-corrected chi connectivity index (χ2v) is 6.97. The minimum Gasteiger partial charge on any atom is -0.481 e. The highest BCUT2D eigenvalue weighted by molar-refractivity contribution is 6.04. The Balaban J connectivity index is 1.57. The molecule has 0 aliphatic carbocycles. The van der Waals surface area contributed by atoms with Gasteiger partial charge in [-0.15, -0.1) is 0 Å². The van der Waals surface area contributed by atoms with Crippen LogP contribution in [0.3, 0.4) is 0 Å². The highest BCUT2D eigenvalue weighted by Crippen LogP contribution is 2.17. The van der Waals surface area contributed by atoms with Crippen molar-refractivity contribution < 1.29 is 14.3 Å². The molecule has 1 atom stereocenters. The summed E-state index contributed by atoms with van der Waals surface area (Å²) in [4.78, 5) is 24.7. The standard InChI is InChI=1S/C24H24N2O3/c1-16-6-4-8-19(14-16)24(28)26-21-12-10-20(11-13-21)25-23(27)18(3)29-22-9-5-7-17(2)15-22/h4-15,18H,1-3H3,(H,25,27)(H,26,28). The summed E-state index contributed by atoms with van der Waals surface area (Å²) in [5, 5.41) is 5.67. The van der Waals surface area contributed by atoms with Crippen LogP contribution in [-0.4, -0.2) is 17.9 Å². The molecule has 2 amide bonds. The molecule has 5 nitrogen and oxygen atoms in total. The van der Waals surface area contributed by atoms with Crippen molar-refractivity contribution in [2.75, 3.05) is 10.6 Å². The molecule has 0 radical (unpaired) electrons. The molecule has 29 heavy (non-hydrogen) atoms. The van der Waals surface area contributed by atoms with Crippen molar-refractivity contribution in [1.29, 1.82) is 0 Å². The van der Waals surface area contributed by atoms with Gasteiger partial charge < -0.3 is 15.4 Å². The van der Waals surface area contributed by atoms with E-state index in [-0.39, 0.29) is 11.8 Å². The minimum atomic E-state index is -0.641. The molecule has 0 aliphatic rings. The van der Waals surface area contributed by atoms with E-state index < -0.39 is 6.10 Å². The molecular weight excluding hydrogens is 364 g/mol. The predicted octanol–water partition coefficient (Wildman–Crippen LogP) is 4.96. The first-order chi connectivity index (χ1) is 13.9. The van der Waals surface area contributed by atoms with Crippen LogP contribution in [0.1, 0.15) is 28.4 Å². The number of carbonyl (C=O) groups excluding carboxylic acids is 2. The van der Waals surface area contributed by atoms with Crippen molar-refractivity contribution in [3.05, 3.63) is 89.5 Å². The fourth-order valence-electron chi connectivity index (χ4n) is 2.82. The Hall–Kier alpha value is -3.60. The van der Waals surface area contributed by atoms with E-state index in [1.807, 2.05) is 56.3 Å². The number of carbonyl (C=O) groups is 2. The van der Waals surface area contributed by atoms with Crippen molar-refractivity contribution in [3.8, 4) is 5.75 Å². The summed E-state index contributed by atoms with van der Waals surface area (Å²) in [5.41, 5.74) is 3.97. The lowest BCUT2D eigenvalue weighted by atomic mass is 10.1. The molecule has 0 heterocycles. The molecular formula is C24H24N2O3. The van der Waals surface area contributed by atoms with Gasteiger partial charge in [-0.25, -0.2) is 0 Å². The minimum absolute atomic E-state index is 0.175. The van der Waals surface area contributed by atoms with Gasteiger partial charge in [0.2, 0.25) is 0 Å². The maximum absolute atomic E-state index is 12.4. The summed E-state index contributed by atoms with van der Waals surface area (Å²) in [5.74, 6) is 0.232. The molecule has 148 valence electrons.